The van der Waals surface area contributed by atoms with Crippen LogP contribution in [-0.2, 0) is 9.47 Å². The number of nitrogens with zero attached hydrogens (tertiary/aromatic N) is 2. The lowest BCUT2D eigenvalue weighted by atomic mass is 9.93. The number of hydrogen-bond acceptors (Lipinski definition) is 4. The lowest BCUT2D eigenvalue weighted by Crippen LogP contribution is -2.45. The Balaban J connectivity index is 2.07. The van der Waals surface area contributed by atoms with Crippen molar-refractivity contribution < 1.29 is 9.47 Å². The first-order valence-corrected chi connectivity index (χ1v) is 8.71. The van der Waals surface area contributed by atoms with Crippen molar-refractivity contribution in [3.05, 3.63) is 0 Å². The molecule has 0 aromatic carbocycles. The first kappa shape index (κ1) is 20.2. The van der Waals surface area contributed by atoms with Gasteiger partial charge in [0.05, 0.1) is 12.7 Å². The molecule has 0 spiro atoms. The lowest BCUT2D eigenvalue weighted by Gasteiger charge is -2.29. The van der Waals surface area contributed by atoms with Gasteiger partial charge < -0.3 is 25.0 Å². The molecule has 0 radical (unpaired) electrons. The maximum atomic E-state index is 5.66. The van der Waals surface area contributed by atoms with Crippen LogP contribution < -0.4 is 10.6 Å². The molecule has 1 heterocycles. The highest BCUT2D eigenvalue weighted by Gasteiger charge is 2.19. The second kappa shape index (κ2) is 10.8. The van der Waals surface area contributed by atoms with Crippen molar-refractivity contribution in [2.75, 3.05) is 60.6 Å². The van der Waals surface area contributed by atoms with Gasteiger partial charge in [0.2, 0.25) is 0 Å². The van der Waals surface area contributed by atoms with E-state index in [4.69, 9.17) is 9.47 Å². The summed E-state index contributed by atoms with van der Waals surface area (Å²) in [5.74, 6) is 0.857. The topological polar surface area (TPSA) is 58.1 Å². The summed E-state index contributed by atoms with van der Waals surface area (Å²) in [6.07, 6.45) is 3.59. The summed E-state index contributed by atoms with van der Waals surface area (Å²) in [6.45, 7) is 9.68. The first-order valence-electron chi connectivity index (χ1n) is 8.71. The molecule has 0 bridgehead atoms. The number of guanidine groups is 1. The Hall–Kier alpha value is -0.850. The van der Waals surface area contributed by atoms with E-state index in [1.165, 1.54) is 6.42 Å². The minimum Gasteiger partial charge on any atom is -0.379 e. The molecule has 23 heavy (non-hydrogen) atoms. The maximum absolute atomic E-state index is 5.66. The van der Waals surface area contributed by atoms with E-state index in [2.05, 4.69) is 48.5 Å². The van der Waals surface area contributed by atoms with Crippen molar-refractivity contribution in [2.45, 2.75) is 39.2 Å². The van der Waals surface area contributed by atoms with Gasteiger partial charge in [0, 0.05) is 39.9 Å². The van der Waals surface area contributed by atoms with Crippen LogP contribution in [0.2, 0.25) is 0 Å². The quantitative estimate of drug-likeness (QED) is 0.360. The van der Waals surface area contributed by atoms with E-state index >= 15 is 0 Å². The Morgan fingerprint density at radius 3 is 2.74 bits per heavy atom. The zero-order valence-corrected chi connectivity index (χ0v) is 15.7. The lowest BCUT2D eigenvalue weighted by molar-refractivity contribution is 0.0168. The molecule has 0 aromatic heterocycles. The van der Waals surface area contributed by atoms with Gasteiger partial charge in [-0.2, -0.15) is 0 Å². The molecule has 1 saturated heterocycles. The fourth-order valence-electron chi connectivity index (χ4n) is 2.83. The zero-order chi connectivity index (χ0) is 17.1. The van der Waals surface area contributed by atoms with Gasteiger partial charge in [0.25, 0.3) is 0 Å². The second-order valence-electron chi connectivity index (χ2n) is 7.32. The van der Waals surface area contributed by atoms with Crippen LogP contribution in [-0.4, -0.2) is 77.6 Å². The van der Waals surface area contributed by atoms with E-state index in [-0.39, 0.29) is 5.41 Å². The Bertz CT molecular complexity index is 339. The number of nitrogens with one attached hydrogen (secondary N) is 2. The first-order chi connectivity index (χ1) is 10.9. The van der Waals surface area contributed by atoms with Gasteiger partial charge in [-0.3, -0.25) is 4.99 Å². The molecule has 2 N–H and O–H groups in total. The molecule has 0 aromatic rings. The van der Waals surface area contributed by atoms with E-state index in [1.54, 1.807) is 0 Å². The largest absolute Gasteiger partial charge is 0.379 e. The minimum absolute atomic E-state index is 0.200. The van der Waals surface area contributed by atoms with Gasteiger partial charge >= 0.3 is 0 Å². The van der Waals surface area contributed by atoms with Gasteiger partial charge in [-0.05, 0) is 38.8 Å². The second-order valence-corrected chi connectivity index (χ2v) is 7.32. The van der Waals surface area contributed by atoms with E-state index in [1.807, 2.05) is 7.05 Å². The summed E-state index contributed by atoms with van der Waals surface area (Å²) in [7, 11) is 6.01. The monoisotopic (exact) mass is 328 g/mol. The molecule has 1 rings (SSSR count). The third kappa shape index (κ3) is 9.79. The molecular formula is C17H36N4O2. The summed E-state index contributed by atoms with van der Waals surface area (Å²) in [6, 6.07) is 0. The van der Waals surface area contributed by atoms with Crippen LogP contribution >= 0.6 is 0 Å². The van der Waals surface area contributed by atoms with Crippen LogP contribution in [0.1, 0.15) is 33.1 Å². The van der Waals surface area contributed by atoms with Gasteiger partial charge in [-0.1, -0.05) is 13.8 Å². The van der Waals surface area contributed by atoms with E-state index in [9.17, 15) is 0 Å². The summed E-state index contributed by atoms with van der Waals surface area (Å²) in [5, 5.41) is 6.74. The third-order valence-electron chi connectivity index (χ3n) is 3.79. The highest BCUT2D eigenvalue weighted by molar-refractivity contribution is 5.79. The van der Waals surface area contributed by atoms with Crippen molar-refractivity contribution in [2.24, 2.45) is 10.4 Å². The van der Waals surface area contributed by atoms with E-state index in [0.29, 0.717) is 6.10 Å². The molecule has 1 unspecified atom stereocenters. The fourth-order valence-corrected chi connectivity index (χ4v) is 2.83. The third-order valence-corrected chi connectivity index (χ3v) is 3.79. The van der Waals surface area contributed by atoms with E-state index in [0.717, 1.165) is 58.3 Å². The van der Waals surface area contributed by atoms with Crippen molar-refractivity contribution >= 4 is 5.96 Å². The predicted octanol–water partition coefficient (Wildman–Crippen LogP) is 1.32. The zero-order valence-electron chi connectivity index (χ0n) is 15.7. The Labute approximate surface area is 142 Å². The van der Waals surface area contributed by atoms with Crippen molar-refractivity contribution in [1.29, 1.82) is 0 Å². The Kier molecular flexibility index (Phi) is 9.52. The highest BCUT2D eigenvalue weighted by Crippen LogP contribution is 2.14. The van der Waals surface area contributed by atoms with Crippen LogP contribution in [0.3, 0.4) is 0 Å². The molecule has 1 aliphatic heterocycles. The number of ether oxygens (including phenoxy) is 2. The van der Waals surface area contributed by atoms with Crippen LogP contribution in [0.4, 0.5) is 0 Å². The number of aliphatic imine (C=N–C) groups is 1. The van der Waals surface area contributed by atoms with Crippen molar-refractivity contribution in [1.82, 2.24) is 15.5 Å². The molecule has 1 aliphatic rings. The summed E-state index contributed by atoms with van der Waals surface area (Å²) >= 11 is 0. The molecule has 6 heteroatoms. The smallest absolute Gasteiger partial charge is 0.190 e. The number of hydrogen-bond donors (Lipinski definition) is 2. The summed E-state index contributed by atoms with van der Waals surface area (Å²) in [4.78, 5) is 6.48. The van der Waals surface area contributed by atoms with Crippen LogP contribution in [0.15, 0.2) is 4.99 Å². The molecule has 1 fully saturated rings. The van der Waals surface area contributed by atoms with Crippen molar-refractivity contribution in [3.8, 4) is 0 Å². The maximum Gasteiger partial charge on any atom is 0.190 e. The minimum atomic E-state index is 0.200. The van der Waals surface area contributed by atoms with Gasteiger partial charge in [-0.15, -0.1) is 0 Å². The Morgan fingerprint density at radius 2 is 2.13 bits per heavy atom. The highest BCUT2D eigenvalue weighted by atomic mass is 16.5. The van der Waals surface area contributed by atoms with Gasteiger partial charge in [0.15, 0.2) is 5.96 Å². The van der Waals surface area contributed by atoms with Crippen LogP contribution in [0, 0.1) is 5.41 Å². The molecule has 0 saturated carbocycles. The average Bonchev–Trinajstić information content (AvgIpc) is 2.97. The van der Waals surface area contributed by atoms with Gasteiger partial charge in [-0.25, -0.2) is 0 Å². The summed E-state index contributed by atoms with van der Waals surface area (Å²) in [5.41, 5.74) is 0.200. The normalized spacial score (nSPS) is 19.4. The fraction of sp³-hybridized carbons (Fsp3) is 0.941. The SMILES string of the molecule is CN=C(NCCCOCC1CCCO1)NCC(C)(C)CN(C)C. The average molecular weight is 329 g/mol. The molecular weight excluding hydrogens is 292 g/mol. The van der Waals surface area contributed by atoms with Crippen LogP contribution in [0.5, 0.6) is 0 Å². The van der Waals surface area contributed by atoms with Crippen molar-refractivity contribution in [3.63, 3.8) is 0 Å². The molecule has 136 valence electrons. The standard InChI is InChI=1S/C17H36N4O2/c1-17(2,14-21(4)5)13-20-16(18-3)19-9-7-10-22-12-15-8-6-11-23-15/h15H,6-14H2,1-5H3,(H2,18,19,20). The van der Waals surface area contributed by atoms with E-state index < -0.39 is 0 Å². The van der Waals surface area contributed by atoms with Gasteiger partial charge in [0.1, 0.15) is 0 Å². The van der Waals surface area contributed by atoms with Crippen LogP contribution in [0.25, 0.3) is 0 Å². The molecule has 0 aliphatic carbocycles. The summed E-state index contributed by atoms with van der Waals surface area (Å²) < 4.78 is 11.2. The molecule has 6 nitrogen and oxygen atoms in total. The predicted molar refractivity (Wildman–Crippen MR) is 96.1 cm³/mol. The molecule has 0 amide bonds. The Morgan fingerprint density at radius 1 is 1.35 bits per heavy atom. The number of rotatable bonds is 10. The molecule has 1 atom stereocenters.